The summed E-state index contributed by atoms with van der Waals surface area (Å²) in [5.74, 6) is 0.404. The van der Waals surface area contributed by atoms with Crippen LogP contribution in [0.1, 0.15) is 6.92 Å². The molecule has 1 aromatic heterocycles. The molecule has 16 heavy (non-hydrogen) atoms. The number of rotatable bonds is 3. The minimum atomic E-state index is -0.388. The van der Waals surface area contributed by atoms with Crippen LogP contribution in [0.5, 0.6) is 0 Å². The first-order valence-electron chi connectivity index (χ1n) is 4.70. The van der Waals surface area contributed by atoms with Gasteiger partial charge in [-0.15, -0.1) is 0 Å². The van der Waals surface area contributed by atoms with Crippen LogP contribution in [-0.2, 0) is 4.79 Å². The Balaban J connectivity index is 2.77. The molecule has 0 aliphatic rings. The van der Waals surface area contributed by atoms with E-state index < -0.39 is 0 Å². The van der Waals surface area contributed by atoms with E-state index in [0.29, 0.717) is 15.9 Å². The van der Waals surface area contributed by atoms with Gasteiger partial charge in [0.15, 0.2) is 0 Å². The molecule has 1 aromatic rings. The number of hydrogen-bond donors (Lipinski definition) is 1. The number of carbonyl (C=O) groups is 1. The predicted octanol–water partition coefficient (Wildman–Crippen LogP) is 2.28. The molecule has 0 radical (unpaired) electrons. The first-order valence-corrected chi connectivity index (χ1v) is 5.46. The highest BCUT2D eigenvalue weighted by Crippen LogP contribution is 2.23. The molecule has 0 bridgehead atoms. The van der Waals surface area contributed by atoms with E-state index in [1.807, 2.05) is 0 Å². The van der Waals surface area contributed by atoms with Crippen molar-refractivity contribution < 1.29 is 4.79 Å². The Kier molecular flexibility index (Phi) is 4.38. The van der Waals surface area contributed by atoms with Crippen LogP contribution in [-0.4, -0.2) is 35.9 Å². The van der Waals surface area contributed by atoms with Gasteiger partial charge in [0.2, 0.25) is 5.91 Å². The fraction of sp³-hybridized carbons (Fsp3) is 0.400. The third-order valence-electron chi connectivity index (χ3n) is 1.97. The summed E-state index contributed by atoms with van der Waals surface area (Å²) in [6, 6.07) is 1.19. The molecule has 0 saturated heterocycles. The first kappa shape index (κ1) is 13.1. The molecule has 0 aliphatic carbocycles. The Morgan fingerprint density at radius 1 is 1.50 bits per heavy atom. The number of halogens is 2. The number of nitrogens with one attached hydrogen (secondary N) is 1. The maximum Gasteiger partial charge on any atom is 0.244 e. The van der Waals surface area contributed by atoms with Crippen molar-refractivity contribution in [2.24, 2.45) is 0 Å². The van der Waals surface area contributed by atoms with E-state index in [9.17, 15) is 4.79 Å². The summed E-state index contributed by atoms with van der Waals surface area (Å²) in [7, 11) is 3.38. The van der Waals surface area contributed by atoms with Gasteiger partial charge in [-0.3, -0.25) is 4.79 Å². The summed E-state index contributed by atoms with van der Waals surface area (Å²) in [5.41, 5.74) is 0. The number of nitrogens with zero attached hydrogens (tertiary/aromatic N) is 2. The number of hydrogen-bond acceptors (Lipinski definition) is 3. The highest BCUT2D eigenvalue weighted by atomic mass is 35.5. The third kappa shape index (κ3) is 3.25. The number of likely N-dealkylation sites (N-methyl/N-ethyl adjacent to an activating group) is 1. The van der Waals surface area contributed by atoms with Gasteiger partial charge in [0.25, 0.3) is 0 Å². The van der Waals surface area contributed by atoms with Crippen LogP contribution in [0.15, 0.2) is 12.3 Å². The van der Waals surface area contributed by atoms with E-state index in [4.69, 9.17) is 23.2 Å². The summed E-state index contributed by atoms with van der Waals surface area (Å²) in [5, 5.41) is 3.78. The van der Waals surface area contributed by atoms with Crippen LogP contribution in [0, 0.1) is 0 Å². The lowest BCUT2D eigenvalue weighted by atomic mass is 10.3. The van der Waals surface area contributed by atoms with E-state index in [1.54, 1.807) is 27.1 Å². The average molecular weight is 262 g/mol. The lowest BCUT2D eigenvalue weighted by molar-refractivity contribution is -0.129. The summed E-state index contributed by atoms with van der Waals surface area (Å²) in [4.78, 5) is 17.1. The SMILES string of the molecule is CC(Nc1ncc(Cl)cc1Cl)C(=O)N(C)C. The number of amides is 1. The van der Waals surface area contributed by atoms with Gasteiger partial charge in [-0.05, 0) is 13.0 Å². The van der Waals surface area contributed by atoms with Gasteiger partial charge in [0.05, 0.1) is 10.0 Å². The predicted molar refractivity (Wildman–Crippen MR) is 66.0 cm³/mol. The molecule has 1 atom stereocenters. The van der Waals surface area contributed by atoms with Gasteiger partial charge in [0, 0.05) is 20.3 Å². The monoisotopic (exact) mass is 261 g/mol. The van der Waals surface area contributed by atoms with Gasteiger partial charge < -0.3 is 10.2 Å². The normalized spacial score (nSPS) is 12.1. The van der Waals surface area contributed by atoms with Gasteiger partial charge in [0.1, 0.15) is 11.9 Å². The van der Waals surface area contributed by atoms with E-state index in [-0.39, 0.29) is 11.9 Å². The van der Waals surface area contributed by atoms with E-state index in [0.717, 1.165) is 0 Å². The van der Waals surface area contributed by atoms with Crippen molar-refractivity contribution in [1.82, 2.24) is 9.88 Å². The summed E-state index contributed by atoms with van der Waals surface area (Å²) in [6.45, 7) is 1.74. The molecular formula is C10H13Cl2N3O. The van der Waals surface area contributed by atoms with Crippen molar-refractivity contribution >= 4 is 34.9 Å². The second-order valence-electron chi connectivity index (χ2n) is 3.58. The van der Waals surface area contributed by atoms with Gasteiger partial charge in [-0.25, -0.2) is 4.98 Å². The second kappa shape index (κ2) is 5.37. The minimum absolute atomic E-state index is 0.0483. The molecule has 4 nitrogen and oxygen atoms in total. The van der Waals surface area contributed by atoms with Crippen LogP contribution < -0.4 is 5.32 Å². The van der Waals surface area contributed by atoms with Crippen molar-refractivity contribution in [3.05, 3.63) is 22.3 Å². The highest BCUT2D eigenvalue weighted by molar-refractivity contribution is 6.36. The van der Waals surface area contributed by atoms with Crippen LogP contribution in [0.2, 0.25) is 10.0 Å². The molecule has 6 heteroatoms. The van der Waals surface area contributed by atoms with Gasteiger partial charge in [-0.1, -0.05) is 23.2 Å². The molecule has 1 rings (SSSR count). The van der Waals surface area contributed by atoms with E-state index in [2.05, 4.69) is 10.3 Å². The minimum Gasteiger partial charge on any atom is -0.357 e. The molecule has 88 valence electrons. The largest absolute Gasteiger partial charge is 0.357 e. The van der Waals surface area contributed by atoms with Crippen LogP contribution >= 0.6 is 23.2 Å². The van der Waals surface area contributed by atoms with E-state index >= 15 is 0 Å². The van der Waals surface area contributed by atoms with Crippen molar-refractivity contribution in [3.63, 3.8) is 0 Å². The molecular weight excluding hydrogens is 249 g/mol. The third-order valence-corrected chi connectivity index (χ3v) is 2.47. The van der Waals surface area contributed by atoms with Crippen LogP contribution in [0.3, 0.4) is 0 Å². The number of carbonyl (C=O) groups excluding carboxylic acids is 1. The Labute approximate surface area is 105 Å². The van der Waals surface area contributed by atoms with Crippen molar-refractivity contribution in [1.29, 1.82) is 0 Å². The van der Waals surface area contributed by atoms with Crippen LogP contribution in [0.25, 0.3) is 0 Å². The zero-order valence-electron chi connectivity index (χ0n) is 9.29. The molecule has 1 heterocycles. The zero-order chi connectivity index (χ0) is 12.3. The summed E-state index contributed by atoms with van der Waals surface area (Å²) >= 11 is 11.6. The highest BCUT2D eigenvalue weighted by Gasteiger charge is 2.16. The fourth-order valence-corrected chi connectivity index (χ4v) is 1.61. The molecule has 1 N–H and O–H groups in total. The Morgan fingerprint density at radius 2 is 2.12 bits per heavy atom. The summed E-state index contributed by atoms with van der Waals surface area (Å²) in [6.07, 6.45) is 1.47. The molecule has 0 saturated carbocycles. The van der Waals surface area contributed by atoms with Crippen molar-refractivity contribution in [3.8, 4) is 0 Å². The molecule has 0 fully saturated rings. The number of anilines is 1. The Hall–Kier alpha value is -1.00. The van der Waals surface area contributed by atoms with E-state index in [1.165, 1.54) is 11.1 Å². The Morgan fingerprint density at radius 3 is 2.62 bits per heavy atom. The molecule has 0 aromatic carbocycles. The van der Waals surface area contributed by atoms with Gasteiger partial charge in [-0.2, -0.15) is 0 Å². The molecule has 0 spiro atoms. The molecule has 0 aliphatic heterocycles. The fourth-order valence-electron chi connectivity index (χ4n) is 1.17. The zero-order valence-corrected chi connectivity index (χ0v) is 10.8. The Bertz CT molecular complexity index is 396. The smallest absolute Gasteiger partial charge is 0.244 e. The van der Waals surface area contributed by atoms with Gasteiger partial charge >= 0.3 is 0 Å². The quantitative estimate of drug-likeness (QED) is 0.908. The number of aromatic nitrogens is 1. The van der Waals surface area contributed by atoms with Crippen molar-refractivity contribution in [2.75, 3.05) is 19.4 Å². The standard InChI is InChI=1S/C10H13Cl2N3O/c1-6(10(16)15(2)3)14-9-8(12)4-7(11)5-13-9/h4-6H,1-3H3,(H,13,14). The lowest BCUT2D eigenvalue weighted by Gasteiger charge is -2.18. The number of pyridine rings is 1. The lowest BCUT2D eigenvalue weighted by Crippen LogP contribution is -2.36. The first-order chi connectivity index (χ1) is 7.41. The van der Waals surface area contributed by atoms with Crippen LogP contribution in [0.4, 0.5) is 5.82 Å². The maximum atomic E-state index is 11.6. The molecule has 1 amide bonds. The van der Waals surface area contributed by atoms with Crippen molar-refractivity contribution in [2.45, 2.75) is 13.0 Å². The second-order valence-corrected chi connectivity index (χ2v) is 4.43. The maximum absolute atomic E-state index is 11.6. The summed E-state index contributed by atoms with van der Waals surface area (Å²) < 4.78 is 0. The molecule has 1 unspecified atom stereocenters. The average Bonchev–Trinajstić information content (AvgIpc) is 2.20. The topological polar surface area (TPSA) is 45.2 Å².